The van der Waals surface area contributed by atoms with Gasteiger partial charge in [-0.3, -0.25) is 28.7 Å². The minimum absolute atomic E-state index is 0.175. The summed E-state index contributed by atoms with van der Waals surface area (Å²) in [4.78, 5) is 39.9. The highest BCUT2D eigenvalue weighted by molar-refractivity contribution is 5.96. The highest BCUT2D eigenvalue weighted by Gasteiger charge is 2.40. The molecule has 12 nitrogen and oxygen atoms in total. The largest absolute Gasteiger partial charge is 0.298 e. The molecule has 0 spiro atoms. The molecule has 12 heteroatoms. The Balaban J connectivity index is 0.564. The molecule has 2 aliphatic heterocycles. The molecule has 0 amide bonds. The summed E-state index contributed by atoms with van der Waals surface area (Å²) in [6.45, 7) is 9.39. The summed E-state index contributed by atoms with van der Waals surface area (Å²) in [5.74, 6) is 5.20. The molecular weight excluding hydrogens is 1470 g/mol. The highest BCUT2D eigenvalue weighted by atomic mass is 15.2. The molecule has 2 aliphatic carbocycles. The number of pyridine rings is 6. The van der Waals surface area contributed by atoms with Gasteiger partial charge in [-0.2, -0.15) is 0 Å². The van der Waals surface area contributed by atoms with Gasteiger partial charge in [0.2, 0.25) is 0 Å². The van der Waals surface area contributed by atoms with E-state index in [1.807, 2.05) is 49.3 Å². The molecule has 0 fully saturated rings. The van der Waals surface area contributed by atoms with Gasteiger partial charge < -0.3 is 0 Å². The fourth-order valence-corrected chi connectivity index (χ4v) is 19.7. The minimum Gasteiger partial charge on any atom is -0.298 e. The molecular formula is C108H86N12. The van der Waals surface area contributed by atoms with Crippen LogP contribution in [-0.4, -0.2) is 39.0 Å². The second kappa shape index (κ2) is 29.2. The first-order chi connectivity index (χ1) is 59.0. The third-order valence-corrected chi connectivity index (χ3v) is 25.6. The molecule has 0 radical (unpaired) electrons. The number of benzene rings is 10. The van der Waals surface area contributed by atoms with Crippen LogP contribution in [0.1, 0.15) is 98.1 Å². The third kappa shape index (κ3) is 12.3. The van der Waals surface area contributed by atoms with Crippen molar-refractivity contribution in [3.05, 3.63) is 397 Å². The standard InChI is InChI=1S/C108H86N12/c1-107(2)89-32-16-21-37-96(89)119(97-38-22-17-33-90(97)107)105-69-79(54-60-113-105)80-55-61-114-106(70-80)120-98-39-23-18-34-91(98)108(3,4)92-63-73(44-49-99(92)120)74-42-47-87-85-30-14-19-35-93(85)118(100(87)64-74)104-68-78(53-59-112-104)77-52-58-111-103(67-77)117-94-36-20-15-31-86(94)88-62-72(43-48-95(88)117)71-40-45-84(46-41-71)116(83-28-12-7-13-29-83)102-66-76(51-57-110-102)75-50-56-109-101(65-75)115(81-24-8-5-9-25-81)82-26-10-6-11-27-82/h5-13,16-18,21-29,32-34,37-70H,14-15,19-20,30-31,35-36H2,1-4H3. The van der Waals surface area contributed by atoms with E-state index in [1.165, 1.54) is 78.6 Å². The smallest absolute Gasteiger partial charge is 0.138 e. The summed E-state index contributed by atoms with van der Waals surface area (Å²) < 4.78 is 4.94. The molecule has 0 saturated carbocycles. The van der Waals surface area contributed by atoms with Gasteiger partial charge in [0, 0.05) is 92.9 Å². The lowest BCUT2D eigenvalue weighted by atomic mass is 9.73. The van der Waals surface area contributed by atoms with Crippen LogP contribution in [0.2, 0.25) is 0 Å². The van der Waals surface area contributed by atoms with Crippen LogP contribution in [0, 0.1) is 0 Å². The Morgan fingerprint density at radius 1 is 0.250 bits per heavy atom. The van der Waals surface area contributed by atoms with Gasteiger partial charge in [-0.05, 0) is 310 Å². The number of aryl methyl sites for hydroxylation is 2. The number of anilines is 12. The van der Waals surface area contributed by atoms with Crippen LogP contribution in [-0.2, 0) is 36.5 Å². The quantitative estimate of drug-likeness (QED) is 0.0986. The van der Waals surface area contributed by atoms with Crippen LogP contribution in [0.3, 0.4) is 0 Å². The summed E-state index contributed by atoms with van der Waals surface area (Å²) in [7, 11) is 0. The molecule has 0 N–H and O–H groups in total. The van der Waals surface area contributed by atoms with E-state index < -0.39 is 0 Å². The first-order valence-corrected chi connectivity index (χ1v) is 42.0. The van der Waals surface area contributed by atoms with Crippen molar-refractivity contribution in [2.45, 2.75) is 89.9 Å². The topological polar surface area (TPSA) is 100 Å². The molecule has 578 valence electrons. The Morgan fingerprint density at radius 2 is 0.592 bits per heavy atom. The normalized spacial score (nSPS) is 14.2. The zero-order valence-corrected chi connectivity index (χ0v) is 67.5. The van der Waals surface area contributed by atoms with Gasteiger partial charge in [-0.25, -0.2) is 29.9 Å². The molecule has 22 rings (SSSR count). The number of fused-ring (bicyclic) bond motifs is 10. The maximum Gasteiger partial charge on any atom is 0.138 e. The molecule has 0 saturated heterocycles. The maximum absolute atomic E-state index is 5.27. The molecule has 18 aromatic rings. The average molecular weight is 1550 g/mol. The van der Waals surface area contributed by atoms with Crippen molar-refractivity contribution >= 4 is 90.6 Å². The third-order valence-electron chi connectivity index (χ3n) is 25.6. The van der Waals surface area contributed by atoms with E-state index in [1.54, 1.807) is 0 Å². The number of nitrogens with zero attached hydrogens (tertiary/aromatic N) is 12. The van der Waals surface area contributed by atoms with E-state index in [-0.39, 0.29) is 10.8 Å². The molecule has 0 bridgehead atoms. The molecule has 0 unspecified atom stereocenters. The fraction of sp³-hybridized carbons (Fsp3) is 0.130. The van der Waals surface area contributed by atoms with Crippen molar-refractivity contribution in [2.24, 2.45) is 0 Å². The molecule has 10 heterocycles. The van der Waals surface area contributed by atoms with E-state index >= 15 is 0 Å². The van der Waals surface area contributed by atoms with Crippen LogP contribution >= 0.6 is 0 Å². The molecule has 10 aromatic carbocycles. The van der Waals surface area contributed by atoms with Crippen molar-refractivity contribution in [3.8, 4) is 67.3 Å². The zero-order valence-electron chi connectivity index (χ0n) is 67.5. The first-order valence-electron chi connectivity index (χ1n) is 42.0. The van der Waals surface area contributed by atoms with Crippen LogP contribution in [0.4, 0.5) is 68.8 Å². The van der Waals surface area contributed by atoms with Crippen LogP contribution in [0.5, 0.6) is 0 Å². The van der Waals surface area contributed by atoms with Gasteiger partial charge in [0.1, 0.15) is 34.9 Å². The number of rotatable bonds is 15. The maximum atomic E-state index is 5.27. The van der Waals surface area contributed by atoms with Crippen molar-refractivity contribution in [1.29, 1.82) is 0 Å². The van der Waals surface area contributed by atoms with E-state index in [9.17, 15) is 0 Å². The molecule has 8 aromatic heterocycles. The molecule has 4 aliphatic rings. The Hall–Kier alpha value is -14.6. The monoisotopic (exact) mass is 1550 g/mol. The van der Waals surface area contributed by atoms with Crippen molar-refractivity contribution in [2.75, 3.05) is 19.6 Å². The van der Waals surface area contributed by atoms with E-state index in [0.29, 0.717) is 0 Å². The summed E-state index contributed by atoms with van der Waals surface area (Å²) in [6.07, 6.45) is 20.3. The van der Waals surface area contributed by atoms with Crippen molar-refractivity contribution in [1.82, 2.24) is 39.0 Å². The molecule has 120 heavy (non-hydrogen) atoms. The van der Waals surface area contributed by atoms with Gasteiger partial charge in [0.05, 0.1) is 33.8 Å². The van der Waals surface area contributed by atoms with E-state index in [4.69, 9.17) is 29.9 Å². The van der Waals surface area contributed by atoms with Gasteiger partial charge in [0.25, 0.3) is 0 Å². The zero-order chi connectivity index (χ0) is 80.2. The van der Waals surface area contributed by atoms with Crippen LogP contribution < -0.4 is 19.6 Å². The number of hydrogen-bond acceptors (Lipinski definition) is 10. The lowest BCUT2D eigenvalue weighted by Crippen LogP contribution is -2.31. The lowest BCUT2D eigenvalue weighted by molar-refractivity contribution is 0.631. The number of aromatic nitrogens is 8. The number of hydrogen-bond donors (Lipinski definition) is 0. The second-order valence-electron chi connectivity index (χ2n) is 33.2. The minimum atomic E-state index is -0.341. The Bertz CT molecular complexity index is 6940. The van der Waals surface area contributed by atoms with Crippen molar-refractivity contribution in [3.63, 3.8) is 0 Å². The summed E-state index contributed by atoms with van der Waals surface area (Å²) in [5, 5.41) is 2.58. The van der Waals surface area contributed by atoms with Crippen molar-refractivity contribution < 1.29 is 0 Å². The van der Waals surface area contributed by atoms with Gasteiger partial charge >= 0.3 is 0 Å². The highest BCUT2D eigenvalue weighted by Crippen LogP contribution is 2.55. The Labute approximate surface area is 699 Å². The fourth-order valence-electron chi connectivity index (χ4n) is 19.7. The number of para-hydroxylation sites is 6. The summed E-state index contributed by atoms with van der Waals surface area (Å²) in [6, 6.07) is 114. The molecule has 0 atom stereocenters. The first kappa shape index (κ1) is 71.9. The SMILES string of the molecule is CC1(C)c2ccccc2N(c2cc(-c3ccnc(N4c5ccccc5C(C)(C)c5cc(-c6ccc7c8c(n(-c9cc(-c%10ccnc(-n%11c%12c(c%13cc(-c%14ccc(N(c%15ccccc%15)c%15cc(-c%16ccnc(N(c%17ccccc%17)c%17ccccc%17)c%16)ccn%15)cc%14)ccc%13%11)CCCC%12)c%10)ccn9)c7c6)CCCC8)ccc54)c3)ccn2)c2ccccc21. The predicted molar refractivity (Wildman–Crippen MR) is 490 cm³/mol. The average Bonchev–Trinajstić information content (AvgIpc) is 0.841. The van der Waals surface area contributed by atoms with Gasteiger partial charge in [-0.15, -0.1) is 0 Å². The lowest BCUT2D eigenvalue weighted by Gasteiger charge is -2.42. The van der Waals surface area contributed by atoms with E-state index in [2.05, 4.69) is 360 Å². The summed E-state index contributed by atoms with van der Waals surface area (Å²) in [5.41, 5.74) is 32.1. The summed E-state index contributed by atoms with van der Waals surface area (Å²) >= 11 is 0. The predicted octanol–water partition coefficient (Wildman–Crippen LogP) is 27.2. The Kier molecular flexibility index (Phi) is 17.5. The van der Waals surface area contributed by atoms with Gasteiger partial charge in [0.15, 0.2) is 0 Å². The second-order valence-corrected chi connectivity index (χ2v) is 33.2. The Morgan fingerprint density at radius 3 is 1.08 bits per heavy atom. The van der Waals surface area contributed by atoms with E-state index in [0.717, 1.165) is 175 Å². The van der Waals surface area contributed by atoms with Gasteiger partial charge in [-0.1, -0.05) is 173 Å². The van der Waals surface area contributed by atoms with Crippen LogP contribution in [0.25, 0.3) is 89.1 Å². The van der Waals surface area contributed by atoms with Crippen LogP contribution in [0.15, 0.2) is 353 Å².